The standard InChI is InChI=1S/C24H25F4N7O/c1-30-11-17(20(29)24(26,27)28)15-7-13(8-16(25)9-15)10-31-23(36)18-19-21(33-12-32-18)34-22(35(19)2)14-5-3-4-6-14/h7-9,11-12,14H,3-6,10,29H2,1-2H3,(H,31,36). The number of aromatic nitrogens is 4. The van der Waals surface area contributed by atoms with Crippen LogP contribution in [0.4, 0.5) is 17.6 Å². The van der Waals surface area contributed by atoms with Gasteiger partial charge in [0.1, 0.15) is 29.2 Å². The second-order valence-electron chi connectivity index (χ2n) is 8.65. The highest BCUT2D eigenvalue weighted by atomic mass is 19.4. The van der Waals surface area contributed by atoms with Gasteiger partial charge in [-0.3, -0.25) is 9.79 Å². The molecule has 0 atom stereocenters. The summed E-state index contributed by atoms with van der Waals surface area (Å²) in [4.78, 5) is 29.6. The number of alkyl halides is 3. The molecule has 36 heavy (non-hydrogen) atoms. The Bertz CT molecular complexity index is 1350. The number of aliphatic imine (C=N–C) groups is 1. The van der Waals surface area contributed by atoms with Gasteiger partial charge in [-0.15, -0.1) is 0 Å². The van der Waals surface area contributed by atoms with Crippen molar-refractivity contribution in [3.8, 4) is 0 Å². The Balaban J connectivity index is 1.61. The number of imidazole rings is 1. The first kappa shape index (κ1) is 25.3. The zero-order valence-corrected chi connectivity index (χ0v) is 19.7. The molecular weight excluding hydrogens is 478 g/mol. The van der Waals surface area contributed by atoms with Crippen LogP contribution in [-0.4, -0.2) is 44.9 Å². The van der Waals surface area contributed by atoms with Crippen molar-refractivity contribution < 1.29 is 22.4 Å². The van der Waals surface area contributed by atoms with E-state index < -0.39 is 29.2 Å². The Morgan fingerprint density at radius 3 is 2.64 bits per heavy atom. The van der Waals surface area contributed by atoms with Crippen LogP contribution in [0.15, 0.2) is 35.2 Å². The van der Waals surface area contributed by atoms with Gasteiger partial charge in [-0.2, -0.15) is 13.2 Å². The summed E-state index contributed by atoms with van der Waals surface area (Å²) in [7, 11) is 3.10. The fourth-order valence-electron chi connectivity index (χ4n) is 4.53. The third-order valence-corrected chi connectivity index (χ3v) is 6.21. The third kappa shape index (κ3) is 5.07. The number of hydrogen-bond donors (Lipinski definition) is 2. The Labute approximate surface area is 204 Å². The van der Waals surface area contributed by atoms with Crippen LogP contribution < -0.4 is 11.1 Å². The summed E-state index contributed by atoms with van der Waals surface area (Å²) in [6.07, 6.45) is 1.64. The Morgan fingerprint density at radius 2 is 1.97 bits per heavy atom. The molecule has 0 unspecified atom stereocenters. The van der Waals surface area contributed by atoms with E-state index >= 15 is 0 Å². The van der Waals surface area contributed by atoms with Crippen LogP contribution in [0.5, 0.6) is 0 Å². The van der Waals surface area contributed by atoms with Gasteiger partial charge in [0.05, 0.1) is 0 Å². The predicted molar refractivity (Wildman–Crippen MR) is 127 cm³/mol. The highest BCUT2D eigenvalue weighted by Gasteiger charge is 2.34. The van der Waals surface area contributed by atoms with Crippen LogP contribution in [0.3, 0.4) is 0 Å². The number of hydrogen-bond acceptors (Lipinski definition) is 6. The first-order valence-electron chi connectivity index (χ1n) is 11.3. The lowest BCUT2D eigenvalue weighted by Gasteiger charge is -2.13. The van der Waals surface area contributed by atoms with Crippen molar-refractivity contribution in [2.45, 2.75) is 44.3 Å². The maximum Gasteiger partial charge on any atom is 0.431 e. The van der Waals surface area contributed by atoms with Gasteiger partial charge in [0.15, 0.2) is 11.3 Å². The molecule has 0 radical (unpaired) electrons. The van der Waals surface area contributed by atoms with E-state index in [-0.39, 0.29) is 23.4 Å². The molecule has 12 heteroatoms. The van der Waals surface area contributed by atoms with Crippen LogP contribution in [0, 0.1) is 5.82 Å². The summed E-state index contributed by atoms with van der Waals surface area (Å²) in [5.41, 5.74) is 4.53. The van der Waals surface area contributed by atoms with E-state index in [1.807, 2.05) is 11.6 Å². The fraction of sp³-hybridized carbons (Fsp3) is 0.375. The van der Waals surface area contributed by atoms with Crippen molar-refractivity contribution in [3.63, 3.8) is 0 Å². The molecule has 2 heterocycles. The Kier molecular flexibility index (Phi) is 7.04. The monoisotopic (exact) mass is 503 g/mol. The minimum absolute atomic E-state index is 0.107. The summed E-state index contributed by atoms with van der Waals surface area (Å²) >= 11 is 0. The molecule has 1 saturated carbocycles. The number of amides is 1. The van der Waals surface area contributed by atoms with E-state index in [2.05, 4.69) is 25.3 Å². The number of rotatable bonds is 6. The summed E-state index contributed by atoms with van der Waals surface area (Å²) in [6, 6.07) is 3.36. The molecule has 3 aromatic rings. The first-order chi connectivity index (χ1) is 17.1. The number of benzene rings is 1. The van der Waals surface area contributed by atoms with Crippen molar-refractivity contribution in [2.24, 2.45) is 17.8 Å². The van der Waals surface area contributed by atoms with Gasteiger partial charge in [-0.1, -0.05) is 12.8 Å². The number of carbonyl (C=O) groups excluding carboxylic acids is 1. The average Bonchev–Trinajstić information content (AvgIpc) is 3.47. The number of nitrogens with zero attached hydrogens (tertiary/aromatic N) is 5. The van der Waals surface area contributed by atoms with Gasteiger partial charge in [0, 0.05) is 38.3 Å². The van der Waals surface area contributed by atoms with Crippen LogP contribution >= 0.6 is 0 Å². The van der Waals surface area contributed by atoms with Crippen LogP contribution in [-0.2, 0) is 13.6 Å². The molecule has 0 aliphatic heterocycles. The van der Waals surface area contributed by atoms with E-state index in [0.29, 0.717) is 17.1 Å². The number of aryl methyl sites for hydroxylation is 1. The van der Waals surface area contributed by atoms with E-state index in [4.69, 9.17) is 5.73 Å². The summed E-state index contributed by atoms with van der Waals surface area (Å²) in [6.45, 7) is -0.162. The van der Waals surface area contributed by atoms with Gasteiger partial charge < -0.3 is 15.6 Å². The first-order valence-corrected chi connectivity index (χ1v) is 11.3. The number of fused-ring (bicyclic) bond motifs is 1. The lowest BCUT2D eigenvalue weighted by Crippen LogP contribution is -2.25. The molecule has 190 valence electrons. The van der Waals surface area contributed by atoms with Gasteiger partial charge in [-0.25, -0.2) is 19.3 Å². The molecule has 1 aromatic carbocycles. The topological polar surface area (TPSA) is 111 Å². The molecule has 8 nitrogen and oxygen atoms in total. The summed E-state index contributed by atoms with van der Waals surface area (Å²) < 4.78 is 55.7. The molecule has 3 N–H and O–H groups in total. The second-order valence-corrected chi connectivity index (χ2v) is 8.65. The van der Waals surface area contributed by atoms with E-state index in [9.17, 15) is 22.4 Å². The minimum Gasteiger partial charge on any atom is -0.394 e. The van der Waals surface area contributed by atoms with E-state index in [0.717, 1.165) is 49.9 Å². The highest BCUT2D eigenvalue weighted by molar-refractivity contribution is 6.11. The fourth-order valence-corrected chi connectivity index (χ4v) is 4.53. The minimum atomic E-state index is -4.82. The molecule has 2 aromatic heterocycles. The van der Waals surface area contributed by atoms with E-state index in [1.165, 1.54) is 19.4 Å². The third-order valence-electron chi connectivity index (χ3n) is 6.21. The molecule has 0 spiro atoms. The van der Waals surface area contributed by atoms with Gasteiger partial charge in [-0.05, 0) is 42.2 Å². The van der Waals surface area contributed by atoms with Crippen molar-refractivity contribution in [1.82, 2.24) is 24.8 Å². The molecule has 0 bridgehead atoms. The van der Waals surface area contributed by atoms with Crippen LogP contribution in [0.1, 0.15) is 59.0 Å². The molecular formula is C24H25F4N7O. The zero-order chi connectivity index (χ0) is 26.0. The maximum absolute atomic E-state index is 14.3. The van der Waals surface area contributed by atoms with E-state index in [1.54, 1.807) is 0 Å². The van der Waals surface area contributed by atoms with Gasteiger partial charge >= 0.3 is 6.18 Å². The second kappa shape index (κ2) is 10.0. The summed E-state index contributed by atoms with van der Waals surface area (Å²) in [5, 5.41) is 2.66. The van der Waals surface area contributed by atoms with Crippen molar-refractivity contribution >= 4 is 28.9 Å². The van der Waals surface area contributed by atoms with Gasteiger partial charge in [0.2, 0.25) is 0 Å². The summed E-state index contributed by atoms with van der Waals surface area (Å²) in [5.74, 6) is -0.185. The number of nitrogens with one attached hydrogen (secondary N) is 1. The Morgan fingerprint density at radius 1 is 1.25 bits per heavy atom. The van der Waals surface area contributed by atoms with Crippen molar-refractivity contribution in [1.29, 1.82) is 0 Å². The molecule has 1 aliphatic rings. The lowest BCUT2D eigenvalue weighted by molar-refractivity contribution is -0.0918. The molecule has 4 rings (SSSR count). The maximum atomic E-state index is 14.3. The molecule has 1 amide bonds. The molecule has 1 aliphatic carbocycles. The average molecular weight is 504 g/mol. The molecule has 0 saturated heterocycles. The largest absolute Gasteiger partial charge is 0.431 e. The SMILES string of the molecule is CN=CC(=C(N)C(F)(F)F)c1cc(F)cc(CNC(=O)c2ncnc3nc(C4CCCC4)n(C)c23)c1. The number of halogens is 4. The number of nitrogens with two attached hydrogens (primary N) is 1. The lowest BCUT2D eigenvalue weighted by atomic mass is 10.0. The van der Waals surface area contributed by atoms with Gasteiger partial charge in [0.25, 0.3) is 5.91 Å². The quantitative estimate of drug-likeness (QED) is 0.390. The Hall–Kier alpha value is -3.83. The number of carbonyl (C=O) groups is 1. The number of allylic oxidation sites excluding steroid dienone is 2. The van der Waals surface area contributed by atoms with Crippen molar-refractivity contribution in [3.05, 3.63) is 58.7 Å². The zero-order valence-electron chi connectivity index (χ0n) is 19.7. The van der Waals surface area contributed by atoms with Crippen LogP contribution in [0.2, 0.25) is 0 Å². The van der Waals surface area contributed by atoms with Crippen LogP contribution in [0.25, 0.3) is 16.7 Å². The normalized spacial score (nSPS) is 15.6. The highest BCUT2D eigenvalue weighted by Crippen LogP contribution is 2.35. The van der Waals surface area contributed by atoms with Crippen molar-refractivity contribution in [2.75, 3.05) is 7.05 Å². The predicted octanol–water partition coefficient (Wildman–Crippen LogP) is 4.02. The smallest absolute Gasteiger partial charge is 0.394 e. The molecule has 1 fully saturated rings.